The molecular formula is C18H26N2O2S. The molecule has 4 nitrogen and oxygen atoms in total. The first-order valence-electron chi connectivity index (χ1n) is 8.44. The van der Waals surface area contributed by atoms with Crippen LogP contribution in [0.25, 0.3) is 0 Å². The highest BCUT2D eigenvalue weighted by atomic mass is 32.1. The summed E-state index contributed by atoms with van der Waals surface area (Å²) < 4.78 is 5.78. The van der Waals surface area contributed by atoms with Crippen molar-refractivity contribution in [3.05, 3.63) is 24.3 Å². The van der Waals surface area contributed by atoms with Crippen molar-refractivity contribution in [2.75, 3.05) is 5.32 Å². The second-order valence-electron chi connectivity index (χ2n) is 6.22. The molecule has 23 heavy (non-hydrogen) atoms. The molecule has 1 amide bonds. The number of rotatable bonds is 6. The van der Waals surface area contributed by atoms with Gasteiger partial charge in [0.2, 0.25) is 5.91 Å². The summed E-state index contributed by atoms with van der Waals surface area (Å²) in [7, 11) is 0. The van der Waals surface area contributed by atoms with Crippen molar-refractivity contribution in [3.8, 4) is 5.75 Å². The lowest BCUT2D eigenvalue weighted by Gasteiger charge is -2.15. The molecule has 0 saturated heterocycles. The van der Waals surface area contributed by atoms with Crippen LogP contribution in [0.15, 0.2) is 24.3 Å². The molecule has 1 atom stereocenters. The number of nitrogens with one attached hydrogen (secondary N) is 2. The molecule has 2 N–H and O–H groups in total. The van der Waals surface area contributed by atoms with Crippen LogP contribution < -0.4 is 15.4 Å². The Morgan fingerprint density at radius 2 is 2.13 bits per heavy atom. The number of anilines is 1. The van der Waals surface area contributed by atoms with Crippen molar-refractivity contribution in [2.45, 2.75) is 58.5 Å². The predicted molar refractivity (Wildman–Crippen MR) is 97.8 cm³/mol. The summed E-state index contributed by atoms with van der Waals surface area (Å²) in [5.41, 5.74) is 0.817. The first-order valence-corrected chi connectivity index (χ1v) is 8.85. The summed E-state index contributed by atoms with van der Waals surface area (Å²) in [4.78, 5) is 12.0. The number of thiocarbonyl (C=S) groups is 1. The molecule has 0 bridgehead atoms. The molecule has 5 heteroatoms. The van der Waals surface area contributed by atoms with E-state index in [1.807, 2.05) is 31.2 Å². The quantitative estimate of drug-likeness (QED) is 0.763. The smallest absolute Gasteiger partial charge is 0.226 e. The van der Waals surface area contributed by atoms with Gasteiger partial charge in [0.05, 0.1) is 6.10 Å². The molecule has 0 aliphatic heterocycles. The van der Waals surface area contributed by atoms with Crippen LogP contribution >= 0.6 is 12.2 Å². The normalized spacial score (nSPS) is 15.9. The molecular weight excluding hydrogens is 308 g/mol. The average molecular weight is 334 g/mol. The van der Waals surface area contributed by atoms with E-state index < -0.39 is 0 Å². The van der Waals surface area contributed by atoms with Gasteiger partial charge in [0.1, 0.15) is 5.75 Å². The van der Waals surface area contributed by atoms with Gasteiger partial charge in [-0.1, -0.05) is 25.8 Å². The lowest BCUT2D eigenvalue weighted by Crippen LogP contribution is -2.34. The lowest BCUT2D eigenvalue weighted by atomic mass is 10.0. The van der Waals surface area contributed by atoms with Crippen molar-refractivity contribution in [2.24, 2.45) is 5.92 Å². The summed E-state index contributed by atoms with van der Waals surface area (Å²) in [6, 6.07) is 7.61. The van der Waals surface area contributed by atoms with Crippen LogP contribution in [0.3, 0.4) is 0 Å². The maximum absolute atomic E-state index is 12.0. The summed E-state index contributed by atoms with van der Waals surface area (Å²) in [5.74, 6) is 1.32. The highest BCUT2D eigenvalue weighted by Gasteiger charge is 2.18. The van der Waals surface area contributed by atoms with Crippen LogP contribution in [0, 0.1) is 5.92 Å². The van der Waals surface area contributed by atoms with Crippen LogP contribution in [-0.2, 0) is 4.79 Å². The van der Waals surface area contributed by atoms with Gasteiger partial charge in [-0.15, -0.1) is 0 Å². The summed E-state index contributed by atoms with van der Waals surface area (Å²) in [5, 5.41) is 6.16. The van der Waals surface area contributed by atoms with Crippen molar-refractivity contribution in [1.82, 2.24) is 5.32 Å². The van der Waals surface area contributed by atoms with Gasteiger partial charge in [-0.2, -0.15) is 0 Å². The Labute approximate surface area is 144 Å². The Bertz CT molecular complexity index is 542. The molecule has 1 aromatic rings. The van der Waals surface area contributed by atoms with Crippen molar-refractivity contribution < 1.29 is 9.53 Å². The number of ether oxygens (including phenoxy) is 1. The molecule has 1 saturated carbocycles. The van der Waals surface area contributed by atoms with E-state index in [4.69, 9.17) is 17.0 Å². The first kappa shape index (κ1) is 17.7. The Balaban J connectivity index is 1.82. The van der Waals surface area contributed by atoms with E-state index in [0.29, 0.717) is 17.5 Å². The zero-order valence-corrected chi connectivity index (χ0v) is 14.7. The molecule has 1 aliphatic carbocycles. The van der Waals surface area contributed by atoms with E-state index in [0.717, 1.165) is 30.7 Å². The minimum absolute atomic E-state index is 0.00131. The first-order chi connectivity index (χ1) is 11.1. The Hall–Kier alpha value is -1.62. The molecule has 0 aromatic heterocycles. The van der Waals surface area contributed by atoms with E-state index in [9.17, 15) is 4.79 Å². The fourth-order valence-corrected chi connectivity index (χ4v) is 3.01. The number of hydrogen-bond donors (Lipinski definition) is 2. The third-order valence-electron chi connectivity index (χ3n) is 4.21. The van der Waals surface area contributed by atoms with Crippen LogP contribution in [0.2, 0.25) is 0 Å². The van der Waals surface area contributed by atoms with Gasteiger partial charge in [-0.3, -0.25) is 4.79 Å². The fourth-order valence-electron chi connectivity index (χ4n) is 2.78. The van der Waals surface area contributed by atoms with Crippen LogP contribution in [0.5, 0.6) is 5.75 Å². The monoisotopic (exact) mass is 334 g/mol. The van der Waals surface area contributed by atoms with Crippen LogP contribution in [-0.4, -0.2) is 17.1 Å². The van der Waals surface area contributed by atoms with Gasteiger partial charge in [0.25, 0.3) is 0 Å². The molecule has 0 radical (unpaired) electrons. The van der Waals surface area contributed by atoms with E-state index in [2.05, 4.69) is 17.6 Å². The zero-order valence-electron chi connectivity index (χ0n) is 13.9. The molecule has 1 fully saturated rings. The molecule has 1 aliphatic rings. The number of carbonyl (C=O) groups excluding carboxylic acids is 1. The largest absolute Gasteiger partial charge is 0.491 e. The van der Waals surface area contributed by atoms with Crippen LogP contribution in [0.1, 0.15) is 52.4 Å². The summed E-state index contributed by atoms with van der Waals surface area (Å²) in [6.07, 6.45) is 6.48. The maximum Gasteiger partial charge on any atom is 0.226 e. The summed E-state index contributed by atoms with van der Waals surface area (Å²) >= 11 is 5.22. The predicted octanol–water partition coefficient (Wildman–Crippen LogP) is 4.26. The van der Waals surface area contributed by atoms with Gasteiger partial charge < -0.3 is 15.4 Å². The molecule has 0 heterocycles. The van der Waals surface area contributed by atoms with Gasteiger partial charge in [0.15, 0.2) is 5.11 Å². The van der Waals surface area contributed by atoms with Gasteiger partial charge in [0, 0.05) is 18.2 Å². The van der Waals surface area contributed by atoms with Gasteiger partial charge >= 0.3 is 0 Å². The molecule has 1 aromatic carbocycles. The summed E-state index contributed by atoms with van der Waals surface area (Å²) in [6.45, 7) is 4.12. The minimum atomic E-state index is 0.00131. The number of carbonyl (C=O) groups is 1. The molecule has 1 unspecified atom stereocenters. The number of amides is 1. The van der Waals surface area contributed by atoms with E-state index >= 15 is 0 Å². The molecule has 2 rings (SSSR count). The Morgan fingerprint density at radius 1 is 1.39 bits per heavy atom. The minimum Gasteiger partial charge on any atom is -0.491 e. The standard InChI is InChI=1S/C18H26N2O2S/c1-3-13(2)22-16-10-6-9-15(12-16)19-18(23)20-17(21)11-14-7-4-5-8-14/h6,9-10,12-14H,3-5,7-8,11H2,1-2H3,(H2,19,20,21,23). The number of benzene rings is 1. The van der Waals surface area contributed by atoms with E-state index in [1.54, 1.807) is 0 Å². The zero-order chi connectivity index (χ0) is 16.7. The lowest BCUT2D eigenvalue weighted by molar-refractivity contribution is -0.120. The number of hydrogen-bond acceptors (Lipinski definition) is 3. The SMILES string of the molecule is CCC(C)Oc1cccc(NC(=S)NC(=O)CC2CCCC2)c1. The second kappa shape index (κ2) is 8.87. The molecule has 0 spiro atoms. The Kier molecular flexibility index (Phi) is 6.84. The Morgan fingerprint density at radius 3 is 2.83 bits per heavy atom. The van der Waals surface area contributed by atoms with Crippen molar-refractivity contribution >= 4 is 28.9 Å². The topological polar surface area (TPSA) is 50.4 Å². The van der Waals surface area contributed by atoms with E-state index in [1.165, 1.54) is 12.8 Å². The van der Waals surface area contributed by atoms with Crippen LogP contribution in [0.4, 0.5) is 5.69 Å². The molecule has 126 valence electrons. The maximum atomic E-state index is 12.0. The average Bonchev–Trinajstić information content (AvgIpc) is 2.99. The fraction of sp³-hybridized carbons (Fsp3) is 0.556. The third kappa shape index (κ3) is 6.18. The van der Waals surface area contributed by atoms with Gasteiger partial charge in [-0.05, 0) is 56.5 Å². The highest BCUT2D eigenvalue weighted by molar-refractivity contribution is 7.80. The van der Waals surface area contributed by atoms with Gasteiger partial charge in [-0.25, -0.2) is 0 Å². The van der Waals surface area contributed by atoms with Crippen molar-refractivity contribution in [1.29, 1.82) is 0 Å². The van der Waals surface area contributed by atoms with E-state index in [-0.39, 0.29) is 12.0 Å². The third-order valence-corrected chi connectivity index (χ3v) is 4.41. The second-order valence-corrected chi connectivity index (χ2v) is 6.63. The highest BCUT2D eigenvalue weighted by Crippen LogP contribution is 2.27. The van der Waals surface area contributed by atoms with Crippen molar-refractivity contribution in [3.63, 3.8) is 0 Å².